The van der Waals surface area contributed by atoms with Gasteiger partial charge in [0.2, 0.25) is 0 Å². The molecule has 1 aromatic rings. The van der Waals surface area contributed by atoms with Crippen LogP contribution in [0.3, 0.4) is 0 Å². The molecule has 1 N–H and O–H groups in total. The lowest BCUT2D eigenvalue weighted by molar-refractivity contribution is -0.385. The minimum absolute atomic E-state index is 0.0324. The predicted octanol–water partition coefficient (Wildman–Crippen LogP) is 2.03. The molecule has 1 aliphatic rings. The molecule has 0 amide bonds. The Morgan fingerprint density at radius 3 is 3.00 bits per heavy atom. The Morgan fingerprint density at radius 2 is 2.33 bits per heavy atom. The fourth-order valence-electron chi connectivity index (χ4n) is 2.35. The average Bonchev–Trinajstić information content (AvgIpc) is 2.42. The Labute approximate surface area is 129 Å². The molecule has 2 rings (SSSR count). The van der Waals surface area contributed by atoms with Gasteiger partial charge in [-0.05, 0) is 12.1 Å². The van der Waals surface area contributed by atoms with E-state index in [0.29, 0.717) is 36.3 Å². The highest BCUT2D eigenvalue weighted by atomic mass is 79.9. The summed E-state index contributed by atoms with van der Waals surface area (Å²) in [4.78, 5) is 23.5. The van der Waals surface area contributed by atoms with Gasteiger partial charge in [-0.1, -0.05) is 15.9 Å². The van der Waals surface area contributed by atoms with Crippen molar-refractivity contribution in [3.8, 4) is 0 Å². The summed E-state index contributed by atoms with van der Waals surface area (Å²) < 4.78 is 5.94. The molecule has 0 saturated carbocycles. The highest BCUT2D eigenvalue weighted by Gasteiger charge is 2.27. The second-order valence-electron chi connectivity index (χ2n) is 4.83. The van der Waals surface area contributed by atoms with Gasteiger partial charge >= 0.3 is 5.97 Å². The van der Waals surface area contributed by atoms with Gasteiger partial charge in [0.25, 0.3) is 5.69 Å². The molecule has 0 aliphatic carbocycles. The molecule has 0 radical (unpaired) electrons. The number of ether oxygens (including phenoxy) is 1. The molecule has 1 aromatic carbocycles. The normalized spacial score (nSPS) is 19.4. The van der Waals surface area contributed by atoms with E-state index in [1.54, 1.807) is 12.1 Å². The van der Waals surface area contributed by atoms with Crippen LogP contribution in [0.25, 0.3) is 0 Å². The van der Waals surface area contributed by atoms with Crippen molar-refractivity contribution in [1.29, 1.82) is 0 Å². The first-order valence-corrected chi connectivity index (χ1v) is 7.23. The molecule has 114 valence electrons. The van der Waals surface area contributed by atoms with E-state index in [9.17, 15) is 14.9 Å². The van der Waals surface area contributed by atoms with E-state index in [1.807, 2.05) is 4.90 Å². The Kier molecular flexibility index (Phi) is 5.27. The molecular formula is C13H15BrN2O5. The fraction of sp³-hybridized carbons (Fsp3) is 0.462. The molecule has 1 aliphatic heterocycles. The Balaban J connectivity index is 2.19. The molecule has 0 aromatic heterocycles. The minimum Gasteiger partial charge on any atom is -0.481 e. The number of hydrogen-bond donors (Lipinski definition) is 1. The average molecular weight is 359 g/mol. The van der Waals surface area contributed by atoms with Crippen molar-refractivity contribution in [2.24, 2.45) is 0 Å². The number of nitro benzene ring substituents is 1. The van der Waals surface area contributed by atoms with Crippen LogP contribution in [-0.4, -0.2) is 46.7 Å². The summed E-state index contributed by atoms with van der Waals surface area (Å²) in [5.74, 6) is -0.902. The van der Waals surface area contributed by atoms with Crippen molar-refractivity contribution in [3.05, 3.63) is 38.3 Å². The van der Waals surface area contributed by atoms with Crippen LogP contribution in [-0.2, 0) is 16.1 Å². The van der Waals surface area contributed by atoms with Crippen LogP contribution in [0, 0.1) is 10.1 Å². The molecule has 1 saturated heterocycles. The van der Waals surface area contributed by atoms with Crippen LogP contribution in [0.5, 0.6) is 0 Å². The van der Waals surface area contributed by atoms with Crippen LogP contribution in [0.1, 0.15) is 12.0 Å². The van der Waals surface area contributed by atoms with Gasteiger partial charge in [0, 0.05) is 35.2 Å². The topological polar surface area (TPSA) is 92.9 Å². The number of halogens is 1. The lowest BCUT2D eigenvalue weighted by Gasteiger charge is -2.34. The third kappa shape index (κ3) is 4.23. The van der Waals surface area contributed by atoms with Gasteiger partial charge in [-0.3, -0.25) is 19.8 Å². The number of hydrogen-bond acceptors (Lipinski definition) is 5. The number of benzene rings is 1. The van der Waals surface area contributed by atoms with E-state index >= 15 is 0 Å². The summed E-state index contributed by atoms with van der Waals surface area (Å²) in [6.45, 7) is 1.73. The summed E-state index contributed by atoms with van der Waals surface area (Å²) in [7, 11) is 0. The maximum Gasteiger partial charge on any atom is 0.305 e. The minimum atomic E-state index is -0.902. The van der Waals surface area contributed by atoms with Gasteiger partial charge in [-0.15, -0.1) is 0 Å². The molecule has 0 spiro atoms. The lowest BCUT2D eigenvalue weighted by Crippen LogP contribution is -2.45. The summed E-state index contributed by atoms with van der Waals surface area (Å²) in [6, 6.07) is 4.63. The smallest absolute Gasteiger partial charge is 0.305 e. The van der Waals surface area contributed by atoms with Gasteiger partial charge in [0.05, 0.1) is 24.6 Å². The SMILES string of the molecule is O=C(O)CC1COCCN1Cc1ccc(Br)cc1[N+](=O)[O-]. The van der Waals surface area contributed by atoms with E-state index in [4.69, 9.17) is 9.84 Å². The van der Waals surface area contributed by atoms with E-state index < -0.39 is 10.9 Å². The first-order valence-electron chi connectivity index (χ1n) is 6.44. The fourth-order valence-corrected chi connectivity index (χ4v) is 2.70. The molecule has 1 unspecified atom stereocenters. The summed E-state index contributed by atoms with van der Waals surface area (Å²) >= 11 is 3.22. The zero-order valence-electron chi connectivity index (χ0n) is 11.2. The molecule has 8 heteroatoms. The maximum atomic E-state index is 11.1. The molecule has 1 fully saturated rings. The van der Waals surface area contributed by atoms with Crippen molar-refractivity contribution in [2.75, 3.05) is 19.8 Å². The van der Waals surface area contributed by atoms with E-state index in [2.05, 4.69) is 15.9 Å². The third-order valence-corrected chi connectivity index (χ3v) is 3.87. The number of rotatable bonds is 5. The monoisotopic (exact) mass is 358 g/mol. The van der Waals surface area contributed by atoms with E-state index in [0.717, 1.165) is 0 Å². The number of carboxylic acids is 1. The maximum absolute atomic E-state index is 11.1. The molecule has 1 atom stereocenters. The summed E-state index contributed by atoms with van der Waals surface area (Å²) in [5, 5.41) is 20.1. The van der Waals surface area contributed by atoms with Crippen LogP contribution in [0.15, 0.2) is 22.7 Å². The Hall–Kier alpha value is -1.51. The van der Waals surface area contributed by atoms with Crippen LogP contribution in [0.2, 0.25) is 0 Å². The van der Waals surface area contributed by atoms with Gasteiger partial charge in [-0.2, -0.15) is 0 Å². The van der Waals surface area contributed by atoms with Gasteiger partial charge in [0.15, 0.2) is 0 Å². The quantitative estimate of drug-likeness (QED) is 0.639. The zero-order chi connectivity index (χ0) is 15.4. The van der Waals surface area contributed by atoms with Crippen LogP contribution in [0.4, 0.5) is 5.69 Å². The van der Waals surface area contributed by atoms with Crippen molar-refractivity contribution >= 4 is 27.6 Å². The van der Waals surface area contributed by atoms with Crippen LogP contribution >= 0.6 is 15.9 Å². The second kappa shape index (κ2) is 6.97. The predicted molar refractivity (Wildman–Crippen MR) is 78.1 cm³/mol. The Morgan fingerprint density at radius 1 is 1.57 bits per heavy atom. The molecule has 21 heavy (non-hydrogen) atoms. The van der Waals surface area contributed by atoms with E-state index in [1.165, 1.54) is 6.07 Å². The van der Waals surface area contributed by atoms with E-state index in [-0.39, 0.29) is 18.2 Å². The number of carboxylic acid groups (broad SMARTS) is 1. The number of nitrogens with zero attached hydrogens (tertiary/aromatic N) is 2. The number of carbonyl (C=O) groups is 1. The third-order valence-electron chi connectivity index (χ3n) is 3.38. The molecular weight excluding hydrogens is 344 g/mol. The zero-order valence-corrected chi connectivity index (χ0v) is 12.8. The highest BCUT2D eigenvalue weighted by Crippen LogP contribution is 2.26. The number of aliphatic carboxylic acids is 1. The lowest BCUT2D eigenvalue weighted by atomic mass is 10.1. The molecule has 1 heterocycles. The number of morpholine rings is 1. The van der Waals surface area contributed by atoms with Crippen molar-refractivity contribution in [2.45, 2.75) is 19.0 Å². The second-order valence-corrected chi connectivity index (χ2v) is 5.74. The molecule has 0 bridgehead atoms. The number of nitro groups is 1. The standard InChI is InChI=1S/C13H15BrN2O5/c14-10-2-1-9(12(5-10)16(19)20)7-15-3-4-21-8-11(15)6-13(17)18/h1-2,5,11H,3-4,6-8H2,(H,17,18). The van der Waals surface area contributed by atoms with Gasteiger partial charge in [-0.25, -0.2) is 0 Å². The van der Waals surface area contributed by atoms with Crippen molar-refractivity contribution < 1.29 is 19.6 Å². The first kappa shape index (κ1) is 15.9. The Bertz CT molecular complexity index is 551. The highest BCUT2D eigenvalue weighted by molar-refractivity contribution is 9.10. The summed E-state index contributed by atoms with van der Waals surface area (Å²) in [5.41, 5.74) is 0.602. The largest absolute Gasteiger partial charge is 0.481 e. The van der Waals surface area contributed by atoms with Crippen molar-refractivity contribution in [3.63, 3.8) is 0 Å². The van der Waals surface area contributed by atoms with Crippen LogP contribution < -0.4 is 0 Å². The molecule has 7 nitrogen and oxygen atoms in total. The summed E-state index contributed by atoms with van der Waals surface area (Å²) in [6.07, 6.45) is -0.0374. The van der Waals surface area contributed by atoms with Gasteiger partial charge < -0.3 is 9.84 Å². The first-order chi connectivity index (χ1) is 9.97. The van der Waals surface area contributed by atoms with Crippen molar-refractivity contribution in [1.82, 2.24) is 4.90 Å². The van der Waals surface area contributed by atoms with Gasteiger partial charge in [0.1, 0.15) is 0 Å².